The molecule has 0 fully saturated rings. The third-order valence-corrected chi connectivity index (χ3v) is 5.07. The molecule has 3 aromatic rings. The van der Waals surface area contributed by atoms with E-state index in [1.807, 2.05) is 42.5 Å². The molecule has 1 aliphatic heterocycles. The predicted molar refractivity (Wildman–Crippen MR) is 102 cm³/mol. The second-order valence-corrected chi connectivity index (χ2v) is 6.84. The van der Waals surface area contributed by atoms with Crippen molar-refractivity contribution < 1.29 is 19.7 Å². The van der Waals surface area contributed by atoms with Crippen molar-refractivity contribution in [3.05, 3.63) is 95.1 Å². The van der Waals surface area contributed by atoms with E-state index < -0.39 is 5.97 Å². The molecule has 3 aromatic carbocycles. The predicted octanol–water partition coefficient (Wildman–Crippen LogP) is 4.33. The number of ether oxygens (including phenoxy) is 1. The Hall–Kier alpha value is -3.27. The van der Waals surface area contributed by atoms with Crippen LogP contribution in [-0.4, -0.2) is 22.8 Å². The number of aliphatic carboxylic acids is 1. The lowest BCUT2D eigenvalue weighted by Gasteiger charge is -2.34. The molecule has 4 nitrogen and oxygen atoms in total. The van der Waals surface area contributed by atoms with Gasteiger partial charge in [0.05, 0.1) is 13.0 Å². The first kappa shape index (κ1) is 17.2. The molecule has 2 unspecified atom stereocenters. The maximum Gasteiger partial charge on any atom is 0.307 e. The molecule has 0 spiro atoms. The molecule has 0 amide bonds. The molecule has 0 radical (unpaired) electrons. The Morgan fingerprint density at radius 3 is 2.41 bits per heavy atom. The second kappa shape index (κ2) is 7.16. The number of hydrogen-bond donors (Lipinski definition) is 2. The standard InChI is InChI=1S/C23H20O4/c24-18-10-11-21-19(13-18)23(17-8-6-15(7-9-17)12-22(25)26)20(14-27-21)16-4-2-1-3-5-16/h1-11,13,20,23-24H,12,14H2,(H,25,26). The van der Waals surface area contributed by atoms with Crippen LogP contribution in [0.3, 0.4) is 0 Å². The number of phenolic OH excluding ortho intramolecular Hbond substituents is 1. The fourth-order valence-electron chi connectivity index (χ4n) is 3.82. The molecule has 4 rings (SSSR count). The topological polar surface area (TPSA) is 66.8 Å². The highest BCUT2D eigenvalue weighted by Crippen LogP contribution is 2.46. The van der Waals surface area contributed by atoms with E-state index in [4.69, 9.17) is 9.84 Å². The van der Waals surface area contributed by atoms with Crippen LogP contribution < -0.4 is 4.74 Å². The Balaban J connectivity index is 1.79. The van der Waals surface area contributed by atoms with E-state index >= 15 is 0 Å². The first-order valence-corrected chi connectivity index (χ1v) is 8.93. The van der Waals surface area contributed by atoms with Crippen LogP contribution in [0.25, 0.3) is 0 Å². The molecule has 0 aromatic heterocycles. The van der Waals surface area contributed by atoms with Gasteiger partial charge in [0.15, 0.2) is 0 Å². The maximum atomic E-state index is 10.9. The van der Waals surface area contributed by atoms with Crippen molar-refractivity contribution in [2.24, 2.45) is 0 Å². The fraction of sp³-hybridized carbons (Fsp3) is 0.174. The monoisotopic (exact) mass is 360 g/mol. The summed E-state index contributed by atoms with van der Waals surface area (Å²) in [6.45, 7) is 0.545. The number of aromatic hydroxyl groups is 1. The van der Waals surface area contributed by atoms with Gasteiger partial charge in [0.1, 0.15) is 11.5 Å². The average Bonchev–Trinajstić information content (AvgIpc) is 2.68. The van der Waals surface area contributed by atoms with Gasteiger partial charge in [0.25, 0.3) is 0 Å². The second-order valence-electron chi connectivity index (χ2n) is 6.84. The lowest BCUT2D eigenvalue weighted by molar-refractivity contribution is -0.136. The molecule has 2 N–H and O–H groups in total. The van der Waals surface area contributed by atoms with Crippen molar-refractivity contribution in [3.8, 4) is 11.5 Å². The molecule has 0 saturated carbocycles. The van der Waals surface area contributed by atoms with Gasteiger partial charge in [-0.1, -0.05) is 54.6 Å². The van der Waals surface area contributed by atoms with Crippen molar-refractivity contribution in [2.45, 2.75) is 18.3 Å². The Kier molecular flexibility index (Phi) is 4.55. The lowest BCUT2D eigenvalue weighted by atomic mass is 9.75. The van der Waals surface area contributed by atoms with Crippen LogP contribution in [0.15, 0.2) is 72.8 Å². The van der Waals surface area contributed by atoms with Gasteiger partial charge in [0.2, 0.25) is 0 Å². The van der Waals surface area contributed by atoms with E-state index in [2.05, 4.69) is 12.1 Å². The number of carbonyl (C=O) groups is 1. The van der Waals surface area contributed by atoms with Gasteiger partial charge in [-0.15, -0.1) is 0 Å². The van der Waals surface area contributed by atoms with Gasteiger partial charge in [0, 0.05) is 17.4 Å². The zero-order valence-corrected chi connectivity index (χ0v) is 14.7. The zero-order chi connectivity index (χ0) is 18.8. The maximum absolute atomic E-state index is 10.9. The number of rotatable bonds is 4. The van der Waals surface area contributed by atoms with Crippen LogP contribution >= 0.6 is 0 Å². The minimum absolute atomic E-state index is 0.00749. The van der Waals surface area contributed by atoms with E-state index in [1.165, 1.54) is 5.56 Å². The highest BCUT2D eigenvalue weighted by Gasteiger charge is 2.33. The van der Waals surface area contributed by atoms with Gasteiger partial charge < -0.3 is 14.9 Å². The number of fused-ring (bicyclic) bond motifs is 1. The summed E-state index contributed by atoms with van der Waals surface area (Å²) in [4.78, 5) is 10.9. The molecular weight excluding hydrogens is 340 g/mol. The first-order chi connectivity index (χ1) is 13.1. The van der Waals surface area contributed by atoms with Crippen LogP contribution in [-0.2, 0) is 11.2 Å². The molecule has 1 aliphatic rings. The van der Waals surface area contributed by atoms with Crippen LogP contribution in [0.5, 0.6) is 11.5 Å². The summed E-state index contributed by atoms with van der Waals surface area (Å²) < 4.78 is 5.98. The summed E-state index contributed by atoms with van der Waals surface area (Å²) in [5, 5.41) is 19.0. The van der Waals surface area contributed by atoms with Crippen LogP contribution in [0.2, 0.25) is 0 Å². The van der Waals surface area contributed by atoms with Gasteiger partial charge in [-0.2, -0.15) is 0 Å². The Morgan fingerprint density at radius 2 is 1.70 bits per heavy atom. The number of benzene rings is 3. The minimum Gasteiger partial charge on any atom is -0.508 e. The van der Waals surface area contributed by atoms with E-state index in [0.717, 1.165) is 22.4 Å². The molecule has 0 bridgehead atoms. The van der Waals surface area contributed by atoms with Gasteiger partial charge in [-0.25, -0.2) is 0 Å². The van der Waals surface area contributed by atoms with Gasteiger partial charge in [-0.3, -0.25) is 4.79 Å². The van der Waals surface area contributed by atoms with Crippen molar-refractivity contribution >= 4 is 5.97 Å². The molecule has 136 valence electrons. The van der Waals surface area contributed by atoms with E-state index in [-0.39, 0.29) is 24.0 Å². The van der Waals surface area contributed by atoms with Crippen molar-refractivity contribution in [2.75, 3.05) is 6.61 Å². The Morgan fingerprint density at radius 1 is 0.963 bits per heavy atom. The fourth-order valence-corrected chi connectivity index (χ4v) is 3.82. The molecule has 0 aliphatic carbocycles. The third kappa shape index (κ3) is 3.51. The summed E-state index contributed by atoms with van der Waals surface area (Å²) in [7, 11) is 0. The van der Waals surface area contributed by atoms with Gasteiger partial charge in [-0.05, 0) is 34.9 Å². The number of hydrogen-bond acceptors (Lipinski definition) is 3. The van der Waals surface area contributed by atoms with E-state index in [0.29, 0.717) is 6.61 Å². The van der Waals surface area contributed by atoms with E-state index in [9.17, 15) is 9.90 Å². The summed E-state index contributed by atoms with van der Waals surface area (Å²) >= 11 is 0. The largest absolute Gasteiger partial charge is 0.508 e. The quantitative estimate of drug-likeness (QED) is 0.727. The molecule has 1 heterocycles. The van der Waals surface area contributed by atoms with Crippen molar-refractivity contribution in [1.29, 1.82) is 0 Å². The summed E-state index contributed by atoms with van der Waals surface area (Å²) in [6, 6.07) is 23.1. The number of phenols is 1. The normalized spacial score (nSPS) is 18.4. The highest BCUT2D eigenvalue weighted by atomic mass is 16.5. The van der Waals surface area contributed by atoms with E-state index in [1.54, 1.807) is 18.2 Å². The molecule has 27 heavy (non-hydrogen) atoms. The Labute approximate surface area is 157 Å². The first-order valence-electron chi connectivity index (χ1n) is 8.93. The smallest absolute Gasteiger partial charge is 0.307 e. The Bertz CT molecular complexity index is 948. The highest BCUT2D eigenvalue weighted by molar-refractivity contribution is 5.70. The van der Waals surface area contributed by atoms with Crippen LogP contribution in [0.1, 0.15) is 34.1 Å². The minimum atomic E-state index is -0.841. The van der Waals surface area contributed by atoms with Crippen molar-refractivity contribution in [3.63, 3.8) is 0 Å². The van der Waals surface area contributed by atoms with Crippen molar-refractivity contribution in [1.82, 2.24) is 0 Å². The molecule has 2 atom stereocenters. The third-order valence-electron chi connectivity index (χ3n) is 5.07. The molecular formula is C23H20O4. The summed E-state index contributed by atoms with van der Waals surface area (Å²) in [5.41, 5.74) is 3.96. The molecule has 0 saturated heterocycles. The SMILES string of the molecule is O=C(O)Cc1ccc(C2c3cc(O)ccc3OCC2c2ccccc2)cc1. The van der Waals surface area contributed by atoms with Crippen LogP contribution in [0.4, 0.5) is 0 Å². The lowest BCUT2D eigenvalue weighted by Crippen LogP contribution is -2.25. The van der Waals surface area contributed by atoms with Crippen LogP contribution in [0, 0.1) is 0 Å². The number of carboxylic acids is 1. The zero-order valence-electron chi connectivity index (χ0n) is 14.7. The number of carboxylic acid groups (broad SMARTS) is 1. The van der Waals surface area contributed by atoms with Gasteiger partial charge >= 0.3 is 5.97 Å². The summed E-state index contributed by atoms with van der Waals surface area (Å²) in [6.07, 6.45) is 0.00749. The molecule has 4 heteroatoms. The summed E-state index contributed by atoms with van der Waals surface area (Å²) in [5.74, 6) is 0.261. The average molecular weight is 360 g/mol.